The zero-order chi connectivity index (χ0) is 19.5. The van der Waals surface area contributed by atoms with Crippen LogP contribution in [0.15, 0.2) is 73.1 Å². The number of benzene rings is 3. The molecule has 138 valence electrons. The molecule has 7 heteroatoms. The molecular weight excluding hydrogens is 358 g/mol. The summed E-state index contributed by atoms with van der Waals surface area (Å²) < 4.78 is 11.4. The van der Waals surface area contributed by atoms with Gasteiger partial charge in [0.15, 0.2) is 0 Å². The molecule has 0 aliphatic rings. The van der Waals surface area contributed by atoms with Crippen molar-refractivity contribution < 1.29 is 14.4 Å². The summed E-state index contributed by atoms with van der Waals surface area (Å²) >= 11 is 0. The Morgan fingerprint density at radius 3 is 2.29 bits per heavy atom. The third-order valence-corrected chi connectivity index (χ3v) is 4.13. The largest absolute Gasteiger partial charge is 0.433 e. The number of aryl methyl sites for hydroxylation is 1. The van der Waals surface area contributed by atoms with E-state index < -0.39 is 10.6 Å². The number of nitrogens with zero attached hydrogens (tertiary/aromatic N) is 3. The van der Waals surface area contributed by atoms with Gasteiger partial charge in [0.1, 0.15) is 17.8 Å². The molecule has 0 bridgehead atoms. The first-order valence-corrected chi connectivity index (χ1v) is 8.51. The van der Waals surface area contributed by atoms with Crippen LogP contribution in [0, 0.1) is 17.0 Å². The summed E-state index contributed by atoms with van der Waals surface area (Å²) in [7, 11) is 0. The number of ether oxygens (including phenoxy) is 2. The van der Waals surface area contributed by atoms with Crippen LogP contribution in [0.2, 0.25) is 0 Å². The van der Waals surface area contributed by atoms with E-state index in [1.54, 1.807) is 18.2 Å². The molecule has 0 aliphatic heterocycles. The number of fused-ring (bicyclic) bond motifs is 1. The second kappa shape index (κ2) is 7.32. The highest BCUT2D eigenvalue weighted by atomic mass is 16.6. The van der Waals surface area contributed by atoms with Crippen molar-refractivity contribution in [1.29, 1.82) is 0 Å². The van der Waals surface area contributed by atoms with Crippen molar-refractivity contribution in [3.63, 3.8) is 0 Å². The maximum atomic E-state index is 11.7. The summed E-state index contributed by atoms with van der Waals surface area (Å²) in [6.45, 7) is 1.94. The summed E-state index contributed by atoms with van der Waals surface area (Å²) in [6, 6.07) is 20.2. The number of rotatable bonds is 5. The van der Waals surface area contributed by atoms with E-state index in [2.05, 4.69) is 9.97 Å². The fourth-order valence-corrected chi connectivity index (χ4v) is 2.76. The van der Waals surface area contributed by atoms with E-state index in [1.807, 2.05) is 55.5 Å². The average molecular weight is 373 g/mol. The van der Waals surface area contributed by atoms with Crippen molar-refractivity contribution in [3.8, 4) is 23.3 Å². The van der Waals surface area contributed by atoms with E-state index in [1.165, 1.54) is 6.33 Å². The van der Waals surface area contributed by atoms with Crippen molar-refractivity contribution >= 4 is 16.5 Å². The third-order valence-electron chi connectivity index (χ3n) is 4.13. The second-order valence-corrected chi connectivity index (χ2v) is 6.08. The van der Waals surface area contributed by atoms with Crippen LogP contribution >= 0.6 is 0 Å². The van der Waals surface area contributed by atoms with E-state index in [0.717, 1.165) is 16.3 Å². The summed E-state index contributed by atoms with van der Waals surface area (Å²) in [5, 5.41) is 13.5. The lowest BCUT2D eigenvalue weighted by Gasteiger charge is -2.10. The normalized spacial score (nSPS) is 10.6. The van der Waals surface area contributed by atoms with Crippen molar-refractivity contribution in [3.05, 3.63) is 88.7 Å². The summed E-state index contributed by atoms with van der Waals surface area (Å²) in [6.07, 6.45) is 1.18. The number of nitro groups is 1. The minimum absolute atomic E-state index is 0.181. The molecule has 1 heterocycles. The van der Waals surface area contributed by atoms with Crippen LogP contribution in [0.1, 0.15) is 5.56 Å². The Labute approximate surface area is 160 Å². The van der Waals surface area contributed by atoms with Gasteiger partial charge in [0.2, 0.25) is 0 Å². The molecule has 3 aromatic carbocycles. The molecule has 0 fully saturated rings. The van der Waals surface area contributed by atoms with Gasteiger partial charge < -0.3 is 9.47 Å². The zero-order valence-electron chi connectivity index (χ0n) is 14.9. The molecule has 0 saturated heterocycles. The summed E-state index contributed by atoms with van der Waals surface area (Å²) in [5.41, 5.74) is 0.612. The Morgan fingerprint density at radius 2 is 1.54 bits per heavy atom. The Bertz CT molecular complexity index is 1150. The van der Waals surface area contributed by atoms with Crippen LogP contribution in [-0.2, 0) is 0 Å². The van der Waals surface area contributed by atoms with E-state index in [4.69, 9.17) is 9.47 Å². The Hall–Kier alpha value is -4.00. The van der Waals surface area contributed by atoms with Gasteiger partial charge in [-0.1, -0.05) is 54.1 Å². The maximum absolute atomic E-state index is 11.7. The first kappa shape index (κ1) is 17.4. The molecule has 4 rings (SSSR count). The van der Waals surface area contributed by atoms with Crippen LogP contribution in [0.3, 0.4) is 0 Å². The lowest BCUT2D eigenvalue weighted by Crippen LogP contribution is -2.01. The molecule has 0 radical (unpaired) electrons. The molecule has 0 saturated carbocycles. The molecule has 0 atom stereocenters. The van der Waals surface area contributed by atoms with E-state index >= 15 is 0 Å². The summed E-state index contributed by atoms with van der Waals surface area (Å²) in [4.78, 5) is 19.0. The molecule has 0 N–H and O–H groups in total. The van der Waals surface area contributed by atoms with Crippen molar-refractivity contribution in [1.82, 2.24) is 9.97 Å². The lowest BCUT2D eigenvalue weighted by atomic mass is 10.1. The summed E-state index contributed by atoms with van der Waals surface area (Å²) in [5.74, 6) is 0.530. The van der Waals surface area contributed by atoms with E-state index in [-0.39, 0.29) is 11.8 Å². The van der Waals surface area contributed by atoms with Gasteiger partial charge in [-0.25, -0.2) is 0 Å². The zero-order valence-corrected chi connectivity index (χ0v) is 14.9. The molecule has 0 unspecified atom stereocenters. The number of hydrogen-bond acceptors (Lipinski definition) is 6. The monoisotopic (exact) mass is 373 g/mol. The fourth-order valence-electron chi connectivity index (χ4n) is 2.76. The lowest BCUT2D eigenvalue weighted by molar-refractivity contribution is -0.387. The van der Waals surface area contributed by atoms with Crippen LogP contribution in [0.5, 0.6) is 23.3 Å². The van der Waals surface area contributed by atoms with Crippen LogP contribution < -0.4 is 9.47 Å². The highest BCUT2D eigenvalue weighted by molar-refractivity contribution is 5.88. The van der Waals surface area contributed by atoms with Gasteiger partial charge in [0, 0.05) is 5.39 Å². The maximum Gasteiger partial charge on any atom is 0.393 e. The number of hydrogen-bond donors (Lipinski definition) is 0. The fraction of sp³-hybridized carbons (Fsp3) is 0.0476. The minimum Gasteiger partial charge on any atom is -0.433 e. The van der Waals surface area contributed by atoms with Gasteiger partial charge in [-0.15, -0.1) is 0 Å². The molecule has 0 spiro atoms. The van der Waals surface area contributed by atoms with Crippen molar-refractivity contribution in [2.24, 2.45) is 0 Å². The topological polar surface area (TPSA) is 87.4 Å². The molecule has 7 nitrogen and oxygen atoms in total. The highest BCUT2D eigenvalue weighted by Crippen LogP contribution is 2.39. The highest BCUT2D eigenvalue weighted by Gasteiger charge is 2.27. The first-order valence-electron chi connectivity index (χ1n) is 8.51. The Kier molecular flexibility index (Phi) is 4.55. The predicted molar refractivity (Wildman–Crippen MR) is 104 cm³/mol. The molecule has 0 aliphatic carbocycles. The van der Waals surface area contributed by atoms with Gasteiger partial charge in [-0.3, -0.25) is 10.1 Å². The molecule has 1 aromatic heterocycles. The first-order chi connectivity index (χ1) is 13.6. The second-order valence-electron chi connectivity index (χ2n) is 6.08. The molecule has 28 heavy (non-hydrogen) atoms. The van der Waals surface area contributed by atoms with E-state index in [0.29, 0.717) is 11.5 Å². The number of aromatic nitrogens is 2. The molecule has 4 aromatic rings. The molecular formula is C21H15N3O4. The third kappa shape index (κ3) is 3.45. The Morgan fingerprint density at radius 1 is 0.857 bits per heavy atom. The van der Waals surface area contributed by atoms with Crippen LogP contribution in [-0.4, -0.2) is 14.9 Å². The van der Waals surface area contributed by atoms with Gasteiger partial charge in [-0.05, 0) is 30.5 Å². The van der Waals surface area contributed by atoms with Crippen LogP contribution in [0.25, 0.3) is 10.8 Å². The van der Waals surface area contributed by atoms with Crippen molar-refractivity contribution in [2.75, 3.05) is 0 Å². The smallest absolute Gasteiger partial charge is 0.393 e. The molecule has 0 amide bonds. The quantitative estimate of drug-likeness (QED) is 0.342. The van der Waals surface area contributed by atoms with Gasteiger partial charge in [-0.2, -0.15) is 9.97 Å². The van der Waals surface area contributed by atoms with Gasteiger partial charge in [0.05, 0.1) is 4.92 Å². The standard InChI is InChI=1S/C21H15N3O4/c1-14-9-11-16(12-10-14)27-20-19(24(25)26)21(23-13-22-20)28-18-8-4-6-15-5-2-3-7-17(15)18/h2-13H,1H3. The SMILES string of the molecule is Cc1ccc(Oc2ncnc(Oc3cccc4ccccc34)c2[N+](=O)[O-])cc1. The van der Waals surface area contributed by atoms with Crippen molar-refractivity contribution in [2.45, 2.75) is 6.92 Å². The Balaban J connectivity index is 1.74. The van der Waals surface area contributed by atoms with Gasteiger partial charge in [0.25, 0.3) is 0 Å². The predicted octanol–water partition coefficient (Wildman–Crippen LogP) is 5.43. The van der Waals surface area contributed by atoms with E-state index in [9.17, 15) is 10.1 Å². The van der Waals surface area contributed by atoms with Gasteiger partial charge >= 0.3 is 17.4 Å². The average Bonchev–Trinajstić information content (AvgIpc) is 2.70. The van der Waals surface area contributed by atoms with Crippen LogP contribution in [0.4, 0.5) is 5.69 Å². The minimum atomic E-state index is -0.607.